The predicted molar refractivity (Wildman–Crippen MR) is 57.7 cm³/mol. The van der Waals surface area contributed by atoms with E-state index in [-0.39, 0.29) is 5.00 Å². The maximum absolute atomic E-state index is 10.3. The second kappa shape index (κ2) is 6.18. The zero-order chi connectivity index (χ0) is 11.1. The van der Waals surface area contributed by atoms with Crippen molar-refractivity contribution in [3.63, 3.8) is 0 Å². The van der Waals surface area contributed by atoms with Gasteiger partial charge in [-0.05, 0) is 17.8 Å². The molecule has 1 aromatic rings. The highest BCUT2D eigenvalue weighted by Crippen LogP contribution is 2.27. The first kappa shape index (κ1) is 11.7. The summed E-state index contributed by atoms with van der Waals surface area (Å²) in [5.41, 5.74) is 0. The molecule has 0 aliphatic carbocycles. The summed E-state index contributed by atoms with van der Waals surface area (Å²) in [4.78, 5) is 13.6. The molecule has 1 rings (SSSR count). The van der Waals surface area contributed by atoms with Gasteiger partial charge in [0, 0.05) is 0 Å². The maximum Gasteiger partial charge on any atom is 0.345 e. The predicted octanol–water partition coefficient (Wildman–Crippen LogP) is 3.33. The van der Waals surface area contributed by atoms with E-state index in [1.165, 1.54) is 6.20 Å². The van der Waals surface area contributed by atoms with Gasteiger partial charge in [-0.2, -0.15) is 5.11 Å². The Hall–Kier alpha value is -1.37. The molecule has 0 unspecified atom stereocenters. The second-order valence-electron chi connectivity index (χ2n) is 2.91. The first-order valence-electron chi connectivity index (χ1n) is 4.71. The Bertz CT molecular complexity index is 350. The summed E-state index contributed by atoms with van der Waals surface area (Å²) < 4.78 is 0. The van der Waals surface area contributed by atoms with Crippen LogP contribution in [0.3, 0.4) is 0 Å². The van der Waals surface area contributed by atoms with E-state index in [0.717, 1.165) is 30.6 Å². The molecule has 0 aromatic carbocycles. The van der Waals surface area contributed by atoms with E-state index in [0.29, 0.717) is 11.7 Å². The van der Waals surface area contributed by atoms with Crippen LogP contribution < -0.4 is 0 Å². The van der Waals surface area contributed by atoms with E-state index >= 15 is 0 Å². The molecule has 82 valence electrons. The van der Waals surface area contributed by atoms with E-state index in [1.807, 2.05) is 0 Å². The lowest BCUT2D eigenvalue weighted by molar-refractivity contribution is -0.380. The number of azo groups is 1. The number of nitro groups is 1. The normalized spacial score (nSPS) is 11.0. The van der Waals surface area contributed by atoms with Crippen LogP contribution in [0.4, 0.5) is 10.1 Å². The number of hydrogen-bond donors (Lipinski definition) is 0. The molecule has 1 heterocycles. The minimum Gasteiger partial charge on any atom is -0.257 e. The third kappa shape index (κ3) is 4.11. The Morgan fingerprint density at radius 1 is 1.60 bits per heavy atom. The molecule has 1 aromatic heterocycles. The number of thiazole rings is 1. The van der Waals surface area contributed by atoms with Crippen LogP contribution >= 0.6 is 11.3 Å². The van der Waals surface area contributed by atoms with Gasteiger partial charge >= 0.3 is 5.00 Å². The zero-order valence-corrected chi connectivity index (χ0v) is 9.24. The van der Waals surface area contributed by atoms with E-state index in [4.69, 9.17) is 0 Å². The first-order chi connectivity index (χ1) is 7.24. The van der Waals surface area contributed by atoms with Crippen molar-refractivity contribution in [2.75, 3.05) is 6.54 Å². The van der Waals surface area contributed by atoms with Crippen molar-refractivity contribution in [1.29, 1.82) is 0 Å². The summed E-state index contributed by atoms with van der Waals surface area (Å²) in [6.07, 6.45) is 4.45. The molecule has 0 N–H and O–H groups in total. The highest BCUT2D eigenvalue weighted by molar-refractivity contribution is 7.18. The fourth-order valence-corrected chi connectivity index (χ4v) is 1.50. The van der Waals surface area contributed by atoms with Crippen LogP contribution in [0, 0.1) is 10.1 Å². The van der Waals surface area contributed by atoms with Crippen molar-refractivity contribution in [2.45, 2.75) is 26.2 Å². The third-order valence-electron chi connectivity index (χ3n) is 1.68. The fourth-order valence-electron chi connectivity index (χ4n) is 0.930. The van der Waals surface area contributed by atoms with Crippen molar-refractivity contribution in [3.05, 3.63) is 16.3 Å². The first-order valence-corrected chi connectivity index (χ1v) is 5.53. The third-order valence-corrected chi connectivity index (χ3v) is 2.51. The summed E-state index contributed by atoms with van der Waals surface area (Å²) in [5.74, 6) is 0. The number of unbranched alkanes of at least 4 members (excludes halogenated alkanes) is 2. The molecule has 15 heavy (non-hydrogen) atoms. The molecule has 0 saturated heterocycles. The van der Waals surface area contributed by atoms with Gasteiger partial charge < -0.3 is 0 Å². The quantitative estimate of drug-likeness (QED) is 0.324. The average molecular weight is 228 g/mol. The van der Waals surface area contributed by atoms with E-state index in [1.54, 1.807) is 0 Å². The summed E-state index contributed by atoms with van der Waals surface area (Å²) in [7, 11) is 0. The van der Waals surface area contributed by atoms with Gasteiger partial charge in [0.25, 0.3) is 0 Å². The minimum absolute atomic E-state index is 0.00231. The molecular formula is C8H12N4O2S. The van der Waals surface area contributed by atoms with Crippen LogP contribution in [-0.4, -0.2) is 16.5 Å². The van der Waals surface area contributed by atoms with E-state index < -0.39 is 4.92 Å². The van der Waals surface area contributed by atoms with Crippen molar-refractivity contribution in [3.8, 4) is 0 Å². The fraction of sp³-hybridized carbons (Fsp3) is 0.625. The highest BCUT2D eigenvalue weighted by Gasteiger charge is 2.10. The number of hydrogen-bond acceptors (Lipinski definition) is 6. The van der Waals surface area contributed by atoms with Gasteiger partial charge in [-0.3, -0.25) is 10.1 Å². The summed E-state index contributed by atoms with van der Waals surface area (Å²) in [6, 6.07) is 0. The van der Waals surface area contributed by atoms with Gasteiger partial charge in [-0.15, -0.1) is 5.11 Å². The van der Waals surface area contributed by atoms with Crippen LogP contribution in [0.5, 0.6) is 0 Å². The molecule has 0 spiro atoms. The zero-order valence-electron chi connectivity index (χ0n) is 8.42. The molecule has 6 nitrogen and oxygen atoms in total. The Morgan fingerprint density at radius 2 is 2.40 bits per heavy atom. The Labute approximate surface area is 91.2 Å². The molecule has 0 amide bonds. The van der Waals surface area contributed by atoms with Crippen LogP contribution in [0.1, 0.15) is 26.2 Å². The average Bonchev–Trinajstić information content (AvgIpc) is 2.66. The summed E-state index contributed by atoms with van der Waals surface area (Å²) in [5, 5.41) is 18.4. The van der Waals surface area contributed by atoms with Crippen molar-refractivity contribution >= 4 is 21.5 Å². The number of nitrogens with zero attached hydrogens (tertiary/aromatic N) is 4. The van der Waals surface area contributed by atoms with Crippen molar-refractivity contribution in [2.24, 2.45) is 10.2 Å². The molecule has 0 saturated carbocycles. The topological polar surface area (TPSA) is 80.8 Å². The molecule has 0 fully saturated rings. The summed E-state index contributed by atoms with van der Waals surface area (Å²) in [6.45, 7) is 2.77. The Morgan fingerprint density at radius 3 is 3.00 bits per heavy atom. The van der Waals surface area contributed by atoms with Gasteiger partial charge in [0.15, 0.2) is 0 Å². The van der Waals surface area contributed by atoms with Gasteiger partial charge in [0.1, 0.15) is 6.20 Å². The largest absolute Gasteiger partial charge is 0.345 e. The second-order valence-corrected chi connectivity index (χ2v) is 3.90. The van der Waals surface area contributed by atoms with Crippen LogP contribution in [0.15, 0.2) is 16.4 Å². The van der Waals surface area contributed by atoms with Crippen LogP contribution in [0.2, 0.25) is 0 Å². The Balaban J connectivity index is 2.39. The standard InChI is InChI=1S/C8H12N4O2S/c1-2-3-4-5-10-11-8-9-6-7(15-8)12(13)14/h6H,2-5H2,1H3/b11-10+. The Kier molecular flexibility index (Phi) is 4.82. The lowest BCUT2D eigenvalue weighted by atomic mass is 10.3. The number of rotatable bonds is 6. The molecule has 0 atom stereocenters. The lowest BCUT2D eigenvalue weighted by Gasteiger charge is -1.89. The van der Waals surface area contributed by atoms with Gasteiger partial charge in [0.2, 0.25) is 5.13 Å². The highest BCUT2D eigenvalue weighted by atomic mass is 32.1. The molecule has 0 aliphatic rings. The van der Waals surface area contributed by atoms with E-state index in [9.17, 15) is 10.1 Å². The maximum atomic E-state index is 10.3. The van der Waals surface area contributed by atoms with E-state index in [2.05, 4.69) is 22.1 Å². The van der Waals surface area contributed by atoms with Crippen LogP contribution in [0.25, 0.3) is 0 Å². The minimum atomic E-state index is -0.478. The number of aromatic nitrogens is 1. The molecule has 0 radical (unpaired) electrons. The smallest absolute Gasteiger partial charge is 0.257 e. The molecule has 0 bridgehead atoms. The van der Waals surface area contributed by atoms with Gasteiger partial charge in [0.05, 0.1) is 11.5 Å². The molecule has 0 aliphatic heterocycles. The monoisotopic (exact) mass is 228 g/mol. The summed E-state index contributed by atoms with van der Waals surface area (Å²) >= 11 is 0.934. The van der Waals surface area contributed by atoms with Gasteiger partial charge in [-0.1, -0.05) is 19.8 Å². The van der Waals surface area contributed by atoms with Crippen molar-refractivity contribution in [1.82, 2.24) is 4.98 Å². The van der Waals surface area contributed by atoms with Gasteiger partial charge in [-0.25, -0.2) is 4.98 Å². The van der Waals surface area contributed by atoms with Crippen LogP contribution in [-0.2, 0) is 0 Å². The SMILES string of the molecule is CCCCC/N=N/c1ncc([N+](=O)[O-])s1. The molecule has 7 heteroatoms. The molecular weight excluding hydrogens is 216 g/mol. The lowest BCUT2D eigenvalue weighted by Crippen LogP contribution is -1.80. The van der Waals surface area contributed by atoms with Crippen molar-refractivity contribution < 1.29 is 4.92 Å².